The van der Waals surface area contributed by atoms with Crippen molar-refractivity contribution in [1.82, 2.24) is 4.90 Å². The zero-order chi connectivity index (χ0) is 14.1. The van der Waals surface area contributed by atoms with Gasteiger partial charge in [0, 0.05) is 29.8 Å². The normalized spacial score (nSPS) is 25.5. The Morgan fingerprint density at radius 3 is 2.90 bits per heavy atom. The number of aliphatic hydroxyl groups is 1. The first-order valence-electron chi connectivity index (χ1n) is 7.69. The molecule has 1 aromatic rings. The Bertz CT molecular complexity index is 497. The number of aryl methyl sites for hydroxylation is 1. The highest BCUT2D eigenvalue weighted by Crippen LogP contribution is 2.31. The van der Waals surface area contributed by atoms with E-state index in [-0.39, 0.29) is 17.9 Å². The molecule has 0 aromatic carbocycles. The second-order valence-corrected chi connectivity index (χ2v) is 7.17. The SMILES string of the molecule is CN(CC1CCCC1O)C(=O)c1csc2c1CCCC2. The molecular weight excluding hydrogens is 270 g/mol. The fourth-order valence-electron chi connectivity index (χ4n) is 3.54. The first kappa shape index (κ1) is 14.1. The van der Waals surface area contributed by atoms with Gasteiger partial charge in [-0.2, -0.15) is 0 Å². The summed E-state index contributed by atoms with van der Waals surface area (Å²) in [6, 6.07) is 0. The van der Waals surface area contributed by atoms with Crippen molar-refractivity contribution in [3.05, 3.63) is 21.4 Å². The molecule has 1 fully saturated rings. The second kappa shape index (κ2) is 5.86. The van der Waals surface area contributed by atoms with Gasteiger partial charge in [0.05, 0.1) is 11.7 Å². The van der Waals surface area contributed by atoms with Gasteiger partial charge in [0.2, 0.25) is 0 Å². The molecule has 0 saturated heterocycles. The summed E-state index contributed by atoms with van der Waals surface area (Å²) in [7, 11) is 1.88. The van der Waals surface area contributed by atoms with Crippen molar-refractivity contribution < 1.29 is 9.90 Å². The molecule has 1 saturated carbocycles. The molecule has 1 heterocycles. The summed E-state index contributed by atoms with van der Waals surface area (Å²) >= 11 is 1.74. The smallest absolute Gasteiger partial charge is 0.254 e. The van der Waals surface area contributed by atoms with Gasteiger partial charge >= 0.3 is 0 Å². The number of carbonyl (C=O) groups is 1. The van der Waals surface area contributed by atoms with Crippen LogP contribution in [-0.4, -0.2) is 35.6 Å². The average Bonchev–Trinajstić information content (AvgIpc) is 3.05. The van der Waals surface area contributed by atoms with Crippen molar-refractivity contribution in [3.8, 4) is 0 Å². The number of carbonyl (C=O) groups excluding carboxylic acids is 1. The number of nitrogens with zero attached hydrogens (tertiary/aromatic N) is 1. The van der Waals surface area contributed by atoms with Crippen LogP contribution < -0.4 is 0 Å². The monoisotopic (exact) mass is 293 g/mol. The predicted octanol–water partition coefficient (Wildman–Crippen LogP) is 2.86. The van der Waals surface area contributed by atoms with Gasteiger partial charge in [-0.1, -0.05) is 6.42 Å². The summed E-state index contributed by atoms with van der Waals surface area (Å²) < 4.78 is 0. The lowest BCUT2D eigenvalue weighted by atomic mass is 9.95. The van der Waals surface area contributed by atoms with Crippen molar-refractivity contribution in [1.29, 1.82) is 0 Å². The van der Waals surface area contributed by atoms with E-state index in [4.69, 9.17) is 0 Å². The minimum Gasteiger partial charge on any atom is -0.393 e. The fraction of sp³-hybridized carbons (Fsp3) is 0.688. The number of hydrogen-bond donors (Lipinski definition) is 1. The standard InChI is InChI=1S/C16H23NO2S/c1-17(9-11-5-4-7-14(11)18)16(19)13-10-20-15-8-3-2-6-12(13)15/h10-11,14,18H,2-9H2,1H3. The Morgan fingerprint density at radius 1 is 1.35 bits per heavy atom. The first-order valence-corrected chi connectivity index (χ1v) is 8.57. The molecule has 0 aliphatic heterocycles. The number of fused-ring (bicyclic) bond motifs is 1. The molecule has 0 spiro atoms. The van der Waals surface area contributed by atoms with Gasteiger partial charge in [-0.3, -0.25) is 4.79 Å². The predicted molar refractivity (Wildman–Crippen MR) is 81.3 cm³/mol. The Kier molecular flexibility index (Phi) is 4.13. The van der Waals surface area contributed by atoms with Crippen LogP contribution in [0.15, 0.2) is 5.38 Å². The molecule has 1 aromatic heterocycles. The Hall–Kier alpha value is -0.870. The van der Waals surface area contributed by atoms with Crippen molar-refractivity contribution >= 4 is 17.2 Å². The minimum atomic E-state index is -0.221. The molecule has 2 aliphatic rings. The third-order valence-electron chi connectivity index (χ3n) is 4.77. The van der Waals surface area contributed by atoms with Gasteiger partial charge in [-0.15, -0.1) is 11.3 Å². The maximum Gasteiger partial charge on any atom is 0.254 e. The van der Waals surface area contributed by atoms with Gasteiger partial charge < -0.3 is 10.0 Å². The lowest BCUT2D eigenvalue weighted by Gasteiger charge is -2.24. The van der Waals surface area contributed by atoms with Crippen LogP contribution in [0, 0.1) is 5.92 Å². The fourth-order valence-corrected chi connectivity index (χ4v) is 4.66. The molecule has 0 radical (unpaired) electrons. The van der Waals surface area contributed by atoms with Crippen molar-refractivity contribution in [2.24, 2.45) is 5.92 Å². The zero-order valence-corrected chi connectivity index (χ0v) is 12.9. The highest BCUT2D eigenvalue weighted by Gasteiger charge is 2.29. The minimum absolute atomic E-state index is 0.142. The average molecular weight is 293 g/mol. The zero-order valence-electron chi connectivity index (χ0n) is 12.1. The summed E-state index contributed by atoms with van der Waals surface area (Å²) in [5.74, 6) is 0.405. The summed E-state index contributed by atoms with van der Waals surface area (Å²) in [4.78, 5) is 15.8. The number of hydrogen-bond acceptors (Lipinski definition) is 3. The van der Waals surface area contributed by atoms with Gasteiger partial charge in [-0.05, 0) is 44.1 Å². The van der Waals surface area contributed by atoms with Crippen molar-refractivity contribution in [2.75, 3.05) is 13.6 Å². The number of rotatable bonds is 3. The van der Waals surface area contributed by atoms with Gasteiger partial charge in [0.1, 0.15) is 0 Å². The van der Waals surface area contributed by atoms with Crippen LogP contribution in [0.3, 0.4) is 0 Å². The van der Waals surface area contributed by atoms with Crippen LogP contribution >= 0.6 is 11.3 Å². The van der Waals surface area contributed by atoms with Gasteiger partial charge in [0.15, 0.2) is 0 Å². The molecule has 4 heteroatoms. The topological polar surface area (TPSA) is 40.5 Å². The molecule has 20 heavy (non-hydrogen) atoms. The maximum absolute atomic E-state index is 12.6. The molecule has 3 rings (SSSR count). The summed E-state index contributed by atoms with van der Waals surface area (Å²) in [5.41, 5.74) is 2.21. The van der Waals surface area contributed by atoms with E-state index >= 15 is 0 Å². The molecule has 2 aliphatic carbocycles. The largest absolute Gasteiger partial charge is 0.393 e. The van der Waals surface area contributed by atoms with E-state index in [1.807, 2.05) is 17.3 Å². The summed E-state index contributed by atoms with van der Waals surface area (Å²) in [5, 5.41) is 11.9. The van der Waals surface area contributed by atoms with E-state index in [9.17, 15) is 9.90 Å². The van der Waals surface area contributed by atoms with E-state index in [0.717, 1.165) is 37.7 Å². The van der Waals surface area contributed by atoms with E-state index in [1.54, 1.807) is 11.3 Å². The molecule has 1 amide bonds. The Labute approximate surface area is 124 Å². The van der Waals surface area contributed by atoms with Crippen LogP contribution in [0.5, 0.6) is 0 Å². The van der Waals surface area contributed by atoms with Crippen molar-refractivity contribution in [2.45, 2.75) is 51.0 Å². The first-order chi connectivity index (χ1) is 9.66. The Morgan fingerprint density at radius 2 is 2.15 bits per heavy atom. The number of amides is 1. The van der Waals surface area contributed by atoms with Crippen LogP contribution in [0.2, 0.25) is 0 Å². The highest BCUT2D eigenvalue weighted by molar-refractivity contribution is 7.10. The third-order valence-corrected chi connectivity index (χ3v) is 5.85. The van der Waals surface area contributed by atoms with Crippen LogP contribution in [0.1, 0.15) is 52.9 Å². The number of thiophene rings is 1. The number of aliphatic hydroxyl groups excluding tert-OH is 1. The lowest BCUT2D eigenvalue weighted by Crippen LogP contribution is -2.34. The van der Waals surface area contributed by atoms with Crippen LogP contribution in [0.4, 0.5) is 0 Å². The second-order valence-electron chi connectivity index (χ2n) is 6.20. The third kappa shape index (κ3) is 2.63. The van der Waals surface area contributed by atoms with Gasteiger partial charge in [-0.25, -0.2) is 0 Å². The summed E-state index contributed by atoms with van der Waals surface area (Å²) in [6.07, 6.45) is 7.45. The van der Waals surface area contributed by atoms with Crippen molar-refractivity contribution in [3.63, 3.8) is 0 Å². The molecule has 110 valence electrons. The van der Waals surface area contributed by atoms with E-state index in [1.165, 1.54) is 23.3 Å². The van der Waals surface area contributed by atoms with E-state index in [0.29, 0.717) is 6.54 Å². The molecular formula is C16H23NO2S. The Balaban J connectivity index is 1.70. The molecule has 0 bridgehead atoms. The van der Waals surface area contributed by atoms with E-state index in [2.05, 4.69) is 0 Å². The lowest BCUT2D eigenvalue weighted by molar-refractivity contribution is 0.0693. The maximum atomic E-state index is 12.6. The highest BCUT2D eigenvalue weighted by atomic mass is 32.1. The van der Waals surface area contributed by atoms with E-state index < -0.39 is 0 Å². The van der Waals surface area contributed by atoms with Crippen LogP contribution in [-0.2, 0) is 12.8 Å². The molecule has 2 unspecified atom stereocenters. The molecule has 2 atom stereocenters. The summed E-state index contributed by atoms with van der Waals surface area (Å²) in [6.45, 7) is 0.685. The van der Waals surface area contributed by atoms with Crippen LogP contribution in [0.25, 0.3) is 0 Å². The molecule has 1 N–H and O–H groups in total. The quantitative estimate of drug-likeness (QED) is 0.931. The molecule has 3 nitrogen and oxygen atoms in total. The van der Waals surface area contributed by atoms with Gasteiger partial charge in [0.25, 0.3) is 5.91 Å².